The van der Waals surface area contributed by atoms with Crippen molar-refractivity contribution in [3.8, 4) is 11.5 Å². The number of unbranched alkanes of at least 4 members (excludes halogenated alkanes) is 1. The molecule has 1 heterocycles. The van der Waals surface area contributed by atoms with E-state index in [9.17, 15) is 13.6 Å². The molecule has 3 N–H and O–H groups in total. The van der Waals surface area contributed by atoms with E-state index in [-0.39, 0.29) is 23.4 Å². The van der Waals surface area contributed by atoms with Crippen molar-refractivity contribution in [1.82, 2.24) is 15.3 Å². The van der Waals surface area contributed by atoms with Gasteiger partial charge in [0.25, 0.3) is 0 Å². The van der Waals surface area contributed by atoms with E-state index in [1.165, 1.54) is 6.92 Å². The summed E-state index contributed by atoms with van der Waals surface area (Å²) < 4.78 is 38.8. The molecule has 8 nitrogen and oxygen atoms in total. The largest absolute Gasteiger partial charge is 0.497 e. The van der Waals surface area contributed by atoms with Crippen LogP contribution in [0.15, 0.2) is 30.3 Å². The monoisotopic (exact) mass is 487 g/mol. The predicted octanol–water partition coefficient (Wildman–Crippen LogP) is 4.64. The zero-order valence-corrected chi connectivity index (χ0v) is 20.4. The van der Waals surface area contributed by atoms with Crippen LogP contribution in [0.5, 0.6) is 11.5 Å². The maximum Gasteiger partial charge on any atom is 0.225 e. The summed E-state index contributed by atoms with van der Waals surface area (Å²) in [6.45, 7) is 4.22. The number of methoxy groups -OCH3 is 2. The number of rotatable bonds is 12. The Bertz CT molecular complexity index is 1180. The van der Waals surface area contributed by atoms with Crippen LogP contribution in [0.2, 0.25) is 0 Å². The number of carbonyl (C=O) groups excluding carboxylic acids is 1. The number of fused-ring (bicyclic) bond motifs is 1. The first-order valence-corrected chi connectivity index (χ1v) is 11.5. The summed E-state index contributed by atoms with van der Waals surface area (Å²) in [5.41, 5.74) is 1.09. The highest BCUT2D eigenvalue weighted by atomic mass is 19.2. The smallest absolute Gasteiger partial charge is 0.225 e. The van der Waals surface area contributed by atoms with Gasteiger partial charge in [0.15, 0.2) is 11.6 Å². The SMILES string of the molecule is CCCC[C@H](CNC(C)=O)Nc1nc(NCc2ccc(OC)cc2OC)nc2cc(F)c(F)cc12. The van der Waals surface area contributed by atoms with E-state index in [4.69, 9.17) is 9.47 Å². The first-order valence-electron chi connectivity index (χ1n) is 11.5. The number of nitrogens with zero attached hydrogens (tertiary/aromatic N) is 2. The van der Waals surface area contributed by atoms with Gasteiger partial charge in [-0.25, -0.2) is 13.8 Å². The minimum atomic E-state index is -0.995. The van der Waals surface area contributed by atoms with E-state index in [0.717, 1.165) is 37.0 Å². The predicted molar refractivity (Wildman–Crippen MR) is 132 cm³/mol. The van der Waals surface area contributed by atoms with Crippen LogP contribution in [-0.2, 0) is 11.3 Å². The number of nitrogens with one attached hydrogen (secondary N) is 3. The standard InChI is InChI=1S/C25H31F2N5O3/c1-5-6-7-17(14-28-15(2)33)30-24-19-11-20(26)21(27)12-22(19)31-25(32-24)29-13-16-8-9-18(34-3)10-23(16)35-4/h8-12,17H,5-7,13-14H2,1-4H3,(H,28,33)(H2,29,30,31,32)/t17-/m1/s1. The minimum Gasteiger partial charge on any atom is -0.497 e. The Kier molecular flexibility index (Phi) is 8.99. The summed E-state index contributed by atoms with van der Waals surface area (Å²) in [5.74, 6) is -0.259. The molecule has 10 heteroatoms. The molecule has 2 aromatic carbocycles. The van der Waals surface area contributed by atoms with Gasteiger partial charge in [0.05, 0.1) is 19.7 Å². The molecule has 0 aliphatic rings. The summed E-state index contributed by atoms with van der Waals surface area (Å²) in [7, 11) is 3.14. The van der Waals surface area contributed by atoms with E-state index < -0.39 is 11.6 Å². The topological polar surface area (TPSA) is 97.4 Å². The van der Waals surface area contributed by atoms with Crippen LogP contribution in [0.4, 0.5) is 20.5 Å². The van der Waals surface area contributed by atoms with Crippen LogP contribution in [0, 0.1) is 11.6 Å². The molecule has 35 heavy (non-hydrogen) atoms. The van der Waals surface area contributed by atoms with Gasteiger partial charge in [0.2, 0.25) is 11.9 Å². The molecular formula is C25H31F2N5O3. The van der Waals surface area contributed by atoms with E-state index in [1.807, 2.05) is 12.1 Å². The quantitative estimate of drug-likeness (QED) is 0.342. The van der Waals surface area contributed by atoms with Gasteiger partial charge in [0, 0.05) is 49.1 Å². The van der Waals surface area contributed by atoms with Crippen molar-refractivity contribution in [2.45, 2.75) is 45.7 Å². The first kappa shape index (κ1) is 25.9. The molecule has 0 fully saturated rings. The van der Waals surface area contributed by atoms with Crippen LogP contribution >= 0.6 is 0 Å². The highest BCUT2D eigenvalue weighted by Gasteiger charge is 2.17. The molecule has 0 saturated carbocycles. The van der Waals surface area contributed by atoms with Crippen molar-refractivity contribution in [2.24, 2.45) is 0 Å². The number of benzene rings is 2. The fourth-order valence-electron chi connectivity index (χ4n) is 3.62. The minimum absolute atomic E-state index is 0.148. The first-order chi connectivity index (χ1) is 16.8. The third-order valence-electron chi connectivity index (χ3n) is 5.51. The molecule has 1 amide bonds. The summed E-state index contributed by atoms with van der Waals surface area (Å²) in [6.07, 6.45) is 2.66. The molecular weight excluding hydrogens is 456 g/mol. The van der Waals surface area contributed by atoms with Gasteiger partial charge in [0.1, 0.15) is 17.3 Å². The third kappa shape index (κ3) is 6.91. The van der Waals surface area contributed by atoms with Crippen molar-refractivity contribution >= 4 is 28.6 Å². The van der Waals surface area contributed by atoms with Gasteiger partial charge in [-0.15, -0.1) is 0 Å². The Labute approximate surface area is 203 Å². The molecule has 0 aliphatic heterocycles. The summed E-state index contributed by atoms with van der Waals surface area (Å²) in [5, 5.41) is 9.59. The number of hydrogen-bond acceptors (Lipinski definition) is 7. The van der Waals surface area contributed by atoms with Gasteiger partial charge in [-0.2, -0.15) is 4.98 Å². The average molecular weight is 488 g/mol. The Hall–Kier alpha value is -3.69. The number of anilines is 2. The lowest BCUT2D eigenvalue weighted by molar-refractivity contribution is -0.119. The van der Waals surface area contributed by atoms with Crippen molar-refractivity contribution < 1.29 is 23.0 Å². The van der Waals surface area contributed by atoms with Crippen molar-refractivity contribution in [3.05, 3.63) is 47.5 Å². The van der Waals surface area contributed by atoms with Crippen molar-refractivity contribution in [1.29, 1.82) is 0 Å². The van der Waals surface area contributed by atoms with Crippen LogP contribution in [0.3, 0.4) is 0 Å². The van der Waals surface area contributed by atoms with Crippen LogP contribution in [-0.4, -0.2) is 42.7 Å². The maximum atomic E-state index is 14.1. The second-order valence-electron chi connectivity index (χ2n) is 8.13. The van der Waals surface area contributed by atoms with E-state index in [0.29, 0.717) is 35.8 Å². The van der Waals surface area contributed by atoms with E-state index in [1.54, 1.807) is 20.3 Å². The molecule has 0 saturated heterocycles. The molecule has 0 radical (unpaired) electrons. The van der Waals surface area contributed by atoms with Gasteiger partial charge in [-0.1, -0.05) is 19.8 Å². The van der Waals surface area contributed by atoms with Crippen molar-refractivity contribution in [2.75, 3.05) is 31.4 Å². The Morgan fingerprint density at radius 1 is 1.09 bits per heavy atom. The summed E-state index contributed by atoms with van der Waals surface area (Å²) in [6, 6.07) is 7.41. The Morgan fingerprint density at radius 3 is 2.54 bits per heavy atom. The lowest BCUT2D eigenvalue weighted by atomic mass is 10.1. The molecule has 1 atom stereocenters. The fraction of sp³-hybridized carbons (Fsp3) is 0.400. The highest BCUT2D eigenvalue weighted by Crippen LogP contribution is 2.28. The van der Waals surface area contributed by atoms with Gasteiger partial charge < -0.3 is 25.4 Å². The number of aromatic nitrogens is 2. The molecule has 188 valence electrons. The number of ether oxygens (including phenoxy) is 2. The highest BCUT2D eigenvalue weighted by molar-refractivity contribution is 5.90. The van der Waals surface area contributed by atoms with Crippen LogP contribution < -0.4 is 25.4 Å². The lowest BCUT2D eigenvalue weighted by Gasteiger charge is -2.21. The molecule has 0 unspecified atom stereocenters. The van der Waals surface area contributed by atoms with Gasteiger partial charge >= 0.3 is 0 Å². The maximum absolute atomic E-state index is 14.1. The Morgan fingerprint density at radius 2 is 1.86 bits per heavy atom. The number of halogens is 2. The zero-order chi connectivity index (χ0) is 25.4. The van der Waals surface area contributed by atoms with Crippen LogP contribution in [0.25, 0.3) is 10.9 Å². The normalized spacial score (nSPS) is 11.7. The van der Waals surface area contributed by atoms with Gasteiger partial charge in [-0.3, -0.25) is 4.79 Å². The summed E-state index contributed by atoms with van der Waals surface area (Å²) in [4.78, 5) is 20.4. The number of hydrogen-bond donors (Lipinski definition) is 3. The second kappa shape index (κ2) is 12.1. The Balaban J connectivity index is 1.93. The molecule has 0 aliphatic carbocycles. The third-order valence-corrected chi connectivity index (χ3v) is 5.51. The molecule has 3 rings (SSSR count). The molecule has 0 bridgehead atoms. The zero-order valence-electron chi connectivity index (χ0n) is 20.4. The second-order valence-corrected chi connectivity index (χ2v) is 8.13. The summed E-state index contributed by atoms with van der Waals surface area (Å²) >= 11 is 0. The average Bonchev–Trinajstić information content (AvgIpc) is 2.85. The lowest BCUT2D eigenvalue weighted by Crippen LogP contribution is -2.35. The number of carbonyl (C=O) groups is 1. The van der Waals surface area contributed by atoms with E-state index in [2.05, 4.69) is 32.8 Å². The van der Waals surface area contributed by atoms with Gasteiger partial charge in [-0.05, 0) is 24.6 Å². The van der Waals surface area contributed by atoms with E-state index >= 15 is 0 Å². The number of amides is 1. The molecule has 1 aromatic heterocycles. The molecule has 3 aromatic rings. The fourth-order valence-corrected chi connectivity index (χ4v) is 3.62. The van der Waals surface area contributed by atoms with Crippen LogP contribution in [0.1, 0.15) is 38.7 Å². The van der Waals surface area contributed by atoms with Crippen molar-refractivity contribution in [3.63, 3.8) is 0 Å². The molecule has 0 spiro atoms.